The average molecular weight is 344 g/mol. The Balaban J connectivity index is 2.24. The second-order valence-corrected chi connectivity index (χ2v) is 5.13. The van der Waals surface area contributed by atoms with Gasteiger partial charge in [0.05, 0.1) is 6.61 Å². The molecule has 0 radical (unpaired) electrons. The fourth-order valence-corrected chi connectivity index (χ4v) is 1.84. The number of aromatic nitrogens is 2. The van der Waals surface area contributed by atoms with Crippen LogP contribution in [0, 0.1) is 5.82 Å². The number of aliphatic hydroxyl groups excluding tert-OH is 1. The van der Waals surface area contributed by atoms with Crippen LogP contribution in [0.4, 0.5) is 29.3 Å². The quantitative estimate of drug-likeness (QED) is 0.703. The van der Waals surface area contributed by atoms with E-state index < -0.39 is 23.7 Å². The van der Waals surface area contributed by atoms with Crippen LogP contribution in [0.15, 0.2) is 30.3 Å². The van der Waals surface area contributed by atoms with Gasteiger partial charge in [-0.3, -0.25) is 0 Å². The molecule has 0 amide bonds. The fraction of sp³-hybridized carbons (Fsp3) is 0.333. The van der Waals surface area contributed by atoms with Gasteiger partial charge in [0.25, 0.3) is 0 Å². The number of nitrogens with one attached hydrogen (secondary N) is 2. The van der Waals surface area contributed by atoms with E-state index in [1.54, 1.807) is 13.0 Å². The molecule has 1 heterocycles. The highest BCUT2D eigenvalue weighted by Crippen LogP contribution is 2.30. The highest BCUT2D eigenvalue weighted by Gasteiger charge is 2.33. The van der Waals surface area contributed by atoms with Gasteiger partial charge in [0.2, 0.25) is 5.95 Å². The van der Waals surface area contributed by atoms with Gasteiger partial charge in [-0.25, -0.2) is 9.37 Å². The maximum absolute atomic E-state index is 13.6. The van der Waals surface area contributed by atoms with Crippen LogP contribution < -0.4 is 10.6 Å². The Morgan fingerprint density at radius 1 is 1.21 bits per heavy atom. The van der Waals surface area contributed by atoms with Crippen LogP contribution in [-0.4, -0.2) is 27.7 Å². The second kappa shape index (κ2) is 7.43. The number of nitrogens with zero attached hydrogens (tertiary/aromatic N) is 2. The molecular formula is C15H16F4N4O. The first kappa shape index (κ1) is 17.9. The minimum absolute atomic E-state index is 0.0318. The monoisotopic (exact) mass is 344 g/mol. The van der Waals surface area contributed by atoms with Crippen LogP contribution >= 0.6 is 0 Å². The minimum atomic E-state index is -4.66. The zero-order valence-electron chi connectivity index (χ0n) is 12.7. The maximum atomic E-state index is 13.6. The van der Waals surface area contributed by atoms with E-state index in [2.05, 4.69) is 20.6 Å². The first-order chi connectivity index (χ1) is 11.3. The first-order valence-electron chi connectivity index (χ1n) is 7.10. The molecule has 0 fully saturated rings. The van der Waals surface area contributed by atoms with Gasteiger partial charge in [-0.15, -0.1) is 0 Å². The van der Waals surface area contributed by atoms with Crippen molar-refractivity contribution in [2.75, 3.05) is 17.2 Å². The number of hydrogen-bond acceptors (Lipinski definition) is 5. The molecule has 130 valence electrons. The lowest BCUT2D eigenvalue weighted by atomic mass is 10.2. The summed E-state index contributed by atoms with van der Waals surface area (Å²) in [5.41, 5.74) is -0.843. The van der Waals surface area contributed by atoms with Gasteiger partial charge in [-0.1, -0.05) is 18.2 Å². The second-order valence-electron chi connectivity index (χ2n) is 5.13. The first-order valence-corrected chi connectivity index (χ1v) is 7.10. The van der Waals surface area contributed by atoms with Crippen LogP contribution in [-0.2, 0) is 12.7 Å². The van der Waals surface area contributed by atoms with Crippen LogP contribution in [0.2, 0.25) is 0 Å². The van der Waals surface area contributed by atoms with E-state index in [1.807, 2.05) is 0 Å². The van der Waals surface area contributed by atoms with E-state index in [1.165, 1.54) is 18.2 Å². The van der Waals surface area contributed by atoms with Gasteiger partial charge < -0.3 is 15.7 Å². The lowest BCUT2D eigenvalue weighted by Crippen LogP contribution is -2.22. The van der Waals surface area contributed by atoms with Gasteiger partial charge in [-0.05, 0) is 13.0 Å². The van der Waals surface area contributed by atoms with Crippen molar-refractivity contribution in [2.45, 2.75) is 25.7 Å². The van der Waals surface area contributed by atoms with Gasteiger partial charge >= 0.3 is 6.18 Å². The van der Waals surface area contributed by atoms with Crippen LogP contribution in [0.1, 0.15) is 18.2 Å². The standard InChI is InChI=1S/C15H16F4N4O/c1-9(8-24)21-14-22-12(15(17,18)19)6-13(23-14)20-7-10-4-2-3-5-11(10)16/h2-6,9,24H,7-8H2,1H3,(H2,20,21,22,23)/t9-/m1/s1. The van der Waals surface area contributed by atoms with Crippen molar-refractivity contribution in [3.05, 3.63) is 47.4 Å². The molecule has 0 saturated heterocycles. The van der Waals surface area contributed by atoms with E-state index >= 15 is 0 Å². The van der Waals surface area contributed by atoms with Gasteiger partial charge in [-0.2, -0.15) is 18.2 Å². The predicted molar refractivity (Wildman–Crippen MR) is 80.9 cm³/mol. The molecule has 24 heavy (non-hydrogen) atoms. The highest BCUT2D eigenvalue weighted by molar-refractivity contribution is 5.44. The summed E-state index contributed by atoms with van der Waals surface area (Å²) in [6, 6.07) is 6.14. The van der Waals surface area contributed by atoms with E-state index in [0.717, 1.165) is 6.07 Å². The summed E-state index contributed by atoms with van der Waals surface area (Å²) in [6.07, 6.45) is -4.66. The number of alkyl halides is 3. The number of anilines is 2. The number of benzene rings is 1. The summed E-state index contributed by atoms with van der Waals surface area (Å²) >= 11 is 0. The molecule has 0 spiro atoms. The summed E-state index contributed by atoms with van der Waals surface area (Å²) in [4.78, 5) is 7.31. The minimum Gasteiger partial charge on any atom is -0.394 e. The SMILES string of the molecule is C[C@H](CO)Nc1nc(NCc2ccccc2F)cc(C(F)(F)F)n1. The molecule has 1 aromatic carbocycles. The average Bonchev–Trinajstić information content (AvgIpc) is 2.53. The molecule has 0 aliphatic rings. The maximum Gasteiger partial charge on any atom is 0.433 e. The lowest BCUT2D eigenvalue weighted by Gasteiger charge is -2.15. The van der Waals surface area contributed by atoms with Crippen molar-refractivity contribution in [1.82, 2.24) is 9.97 Å². The molecule has 9 heteroatoms. The van der Waals surface area contributed by atoms with Crippen molar-refractivity contribution in [1.29, 1.82) is 0 Å². The fourth-order valence-electron chi connectivity index (χ4n) is 1.84. The zero-order valence-corrected chi connectivity index (χ0v) is 12.7. The van der Waals surface area contributed by atoms with E-state index in [-0.39, 0.29) is 24.9 Å². The smallest absolute Gasteiger partial charge is 0.394 e. The Kier molecular flexibility index (Phi) is 5.55. The molecule has 0 bridgehead atoms. The van der Waals surface area contributed by atoms with Crippen LogP contribution in [0.5, 0.6) is 0 Å². The summed E-state index contributed by atoms with van der Waals surface area (Å²) in [5, 5.41) is 14.2. The Labute approximate surface area is 135 Å². The molecule has 5 nitrogen and oxygen atoms in total. The number of aliphatic hydroxyl groups is 1. The lowest BCUT2D eigenvalue weighted by molar-refractivity contribution is -0.141. The molecule has 0 aliphatic heterocycles. The zero-order chi connectivity index (χ0) is 17.7. The topological polar surface area (TPSA) is 70.1 Å². The Bertz CT molecular complexity index is 693. The van der Waals surface area contributed by atoms with E-state index in [9.17, 15) is 17.6 Å². The number of halogens is 4. The largest absolute Gasteiger partial charge is 0.433 e. The Hall–Kier alpha value is -2.42. The van der Waals surface area contributed by atoms with Gasteiger partial charge in [0.15, 0.2) is 5.69 Å². The molecule has 0 saturated carbocycles. The van der Waals surface area contributed by atoms with Crippen LogP contribution in [0.25, 0.3) is 0 Å². The van der Waals surface area contributed by atoms with Crippen molar-refractivity contribution in [2.24, 2.45) is 0 Å². The van der Waals surface area contributed by atoms with E-state index in [4.69, 9.17) is 5.11 Å². The van der Waals surface area contributed by atoms with Crippen molar-refractivity contribution in [3.63, 3.8) is 0 Å². The molecule has 3 N–H and O–H groups in total. The summed E-state index contributed by atoms with van der Waals surface area (Å²) in [6.45, 7) is 1.24. The third-order valence-electron chi connectivity index (χ3n) is 3.08. The third kappa shape index (κ3) is 4.79. The predicted octanol–water partition coefficient (Wildman–Crippen LogP) is 3.04. The highest BCUT2D eigenvalue weighted by atomic mass is 19.4. The molecule has 2 aromatic rings. The number of hydrogen-bond donors (Lipinski definition) is 3. The molecule has 2 rings (SSSR count). The molecule has 0 unspecified atom stereocenters. The summed E-state index contributed by atoms with van der Waals surface area (Å²) < 4.78 is 52.4. The van der Waals surface area contributed by atoms with Gasteiger partial charge in [0.1, 0.15) is 11.6 Å². The van der Waals surface area contributed by atoms with Crippen molar-refractivity contribution in [3.8, 4) is 0 Å². The summed E-state index contributed by atoms with van der Waals surface area (Å²) in [5.74, 6) is -0.849. The van der Waals surface area contributed by atoms with Crippen molar-refractivity contribution < 1.29 is 22.7 Å². The summed E-state index contributed by atoms with van der Waals surface area (Å²) in [7, 11) is 0. The van der Waals surface area contributed by atoms with E-state index in [0.29, 0.717) is 5.56 Å². The number of rotatable bonds is 6. The molecule has 0 aliphatic carbocycles. The van der Waals surface area contributed by atoms with Crippen LogP contribution in [0.3, 0.4) is 0 Å². The molecule has 1 atom stereocenters. The third-order valence-corrected chi connectivity index (χ3v) is 3.08. The van der Waals surface area contributed by atoms with Gasteiger partial charge in [0, 0.05) is 24.2 Å². The Morgan fingerprint density at radius 2 is 1.92 bits per heavy atom. The normalized spacial score (nSPS) is 12.8. The molecular weight excluding hydrogens is 328 g/mol. The molecule has 1 aromatic heterocycles. The van der Waals surface area contributed by atoms with Crippen molar-refractivity contribution >= 4 is 11.8 Å². The Morgan fingerprint density at radius 3 is 2.54 bits per heavy atom.